The van der Waals surface area contributed by atoms with Gasteiger partial charge in [-0.05, 0) is 37.1 Å². The zero-order chi connectivity index (χ0) is 22.7. The summed E-state index contributed by atoms with van der Waals surface area (Å²) in [6.45, 7) is 9.10. The molecular weight excluding hydrogens is 411 g/mol. The molecule has 1 fully saturated rings. The Bertz CT molecular complexity index is 1070. The van der Waals surface area contributed by atoms with Crippen LogP contribution in [0.25, 0.3) is 5.69 Å². The van der Waals surface area contributed by atoms with Crippen LogP contribution in [0, 0.1) is 18.7 Å². The molecule has 3 heterocycles. The van der Waals surface area contributed by atoms with Gasteiger partial charge in [0.2, 0.25) is 5.88 Å². The average Bonchev–Trinajstić information content (AvgIpc) is 3.19. The van der Waals surface area contributed by atoms with Crippen LogP contribution < -0.4 is 9.64 Å². The van der Waals surface area contributed by atoms with E-state index in [9.17, 15) is 9.18 Å². The lowest BCUT2D eigenvalue weighted by Crippen LogP contribution is -2.49. The summed E-state index contributed by atoms with van der Waals surface area (Å²) >= 11 is 0. The summed E-state index contributed by atoms with van der Waals surface area (Å²) in [5.41, 5.74) is 1.99. The second-order valence-electron chi connectivity index (χ2n) is 8.23. The number of nitrogens with zero attached hydrogens (tertiary/aromatic N) is 6. The quantitative estimate of drug-likeness (QED) is 0.589. The molecule has 2 aromatic heterocycles. The number of aromatic nitrogens is 4. The molecule has 9 heteroatoms. The summed E-state index contributed by atoms with van der Waals surface area (Å²) in [6.07, 6.45) is 3.09. The summed E-state index contributed by atoms with van der Waals surface area (Å²) in [5.74, 6) is 1.41. The van der Waals surface area contributed by atoms with Gasteiger partial charge in [-0.1, -0.05) is 13.8 Å². The summed E-state index contributed by atoms with van der Waals surface area (Å²) < 4.78 is 20.6. The van der Waals surface area contributed by atoms with Gasteiger partial charge < -0.3 is 14.5 Å². The minimum Gasteiger partial charge on any atom is -0.477 e. The molecule has 0 radical (unpaired) electrons. The maximum absolute atomic E-state index is 13.2. The number of anilines is 1. The molecular formula is C23H27FN6O2. The number of halogens is 1. The van der Waals surface area contributed by atoms with Gasteiger partial charge in [-0.3, -0.25) is 4.79 Å². The first-order chi connectivity index (χ1) is 15.4. The van der Waals surface area contributed by atoms with Gasteiger partial charge in [0.05, 0.1) is 29.7 Å². The van der Waals surface area contributed by atoms with Crippen LogP contribution in [0.3, 0.4) is 0 Å². The number of ether oxygens (including phenoxy) is 1. The van der Waals surface area contributed by atoms with Crippen molar-refractivity contribution in [2.24, 2.45) is 5.92 Å². The Labute approximate surface area is 186 Å². The minimum atomic E-state index is -0.310. The zero-order valence-corrected chi connectivity index (χ0v) is 18.5. The summed E-state index contributed by atoms with van der Waals surface area (Å²) in [7, 11) is 0. The molecule has 0 spiro atoms. The van der Waals surface area contributed by atoms with E-state index in [4.69, 9.17) is 4.74 Å². The smallest absolute Gasteiger partial charge is 0.257 e. The number of hydrogen-bond acceptors (Lipinski definition) is 6. The van der Waals surface area contributed by atoms with Gasteiger partial charge in [-0.15, -0.1) is 0 Å². The molecule has 0 bridgehead atoms. The van der Waals surface area contributed by atoms with E-state index >= 15 is 0 Å². The number of carbonyl (C=O) groups is 1. The molecule has 0 saturated carbocycles. The van der Waals surface area contributed by atoms with Crippen LogP contribution in [0.5, 0.6) is 5.88 Å². The lowest BCUT2D eigenvalue weighted by atomic mass is 10.2. The lowest BCUT2D eigenvalue weighted by molar-refractivity contribution is 0.0745. The van der Waals surface area contributed by atoms with Crippen LogP contribution in [0.1, 0.15) is 29.9 Å². The molecule has 3 aromatic rings. The van der Waals surface area contributed by atoms with Crippen molar-refractivity contribution in [1.29, 1.82) is 0 Å². The third-order valence-corrected chi connectivity index (χ3v) is 5.39. The fourth-order valence-electron chi connectivity index (χ4n) is 3.60. The van der Waals surface area contributed by atoms with Crippen molar-refractivity contribution in [1.82, 2.24) is 24.6 Å². The summed E-state index contributed by atoms with van der Waals surface area (Å²) in [5, 5.41) is 4.34. The van der Waals surface area contributed by atoms with Crippen LogP contribution in [0.4, 0.5) is 10.2 Å². The highest BCUT2D eigenvalue weighted by molar-refractivity contribution is 5.95. The van der Waals surface area contributed by atoms with Crippen molar-refractivity contribution in [3.63, 3.8) is 0 Å². The molecule has 0 unspecified atom stereocenters. The van der Waals surface area contributed by atoms with Crippen molar-refractivity contribution in [2.75, 3.05) is 37.7 Å². The van der Waals surface area contributed by atoms with Gasteiger partial charge in [-0.25, -0.2) is 19.0 Å². The van der Waals surface area contributed by atoms with Gasteiger partial charge >= 0.3 is 0 Å². The van der Waals surface area contributed by atoms with Crippen LogP contribution in [-0.4, -0.2) is 63.3 Å². The Hall–Kier alpha value is -3.49. The topological polar surface area (TPSA) is 76.4 Å². The number of rotatable bonds is 6. The molecule has 1 aliphatic rings. The first kappa shape index (κ1) is 21.7. The highest BCUT2D eigenvalue weighted by Crippen LogP contribution is 2.20. The molecule has 0 N–H and O–H groups in total. The van der Waals surface area contributed by atoms with E-state index in [1.165, 1.54) is 18.5 Å². The third-order valence-electron chi connectivity index (χ3n) is 5.39. The first-order valence-corrected chi connectivity index (χ1v) is 10.7. The van der Waals surface area contributed by atoms with Gasteiger partial charge in [0.1, 0.15) is 18.0 Å². The predicted octanol–water partition coefficient (Wildman–Crippen LogP) is 3.11. The van der Waals surface area contributed by atoms with Crippen molar-refractivity contribution >= 4 is 11.7 Å². The standard InChI is InChI=1S/C23H27FN6O2/c1-16(2)14-32-22-12-21(25-15-26-22)28-8-10-29(11-9-28)23(31)20-13-27-30(17(20)3)19-6-4-18(24)5-7-19/h4-7,12-13,15-16H,8-11,14H2,1-3H3. The van der Waals surface area contributed by atoms with Gasteiger partial charge in [0.25, 0.3) is 5.91 Å². The Kier molecular flexibility index (Phi) is 6.34. The highest BCUT2D eigenvalue weighted by Gasteiger charge is 2.26. The minimum absolute atomic E-state index is 0.0563. The number of benzene rings is 1. The second kappa shape index (κ2) is 9.33. The molecule has 1 aliphatic heterocycles. The van der Waals surface area contributed by atoms with Crippen LogP contribution in [-0.2, 0) is 0 Å². The molecule has 0 aliphatic carbocycles. The van der Waals surface area contributed by atoms with E-state index in [2.05, 4.69) is 33.8 Å². The van der Waals surface area contributed by atoms with Crippen LogP contribution in [0.15, 0.2) is 42.9 Å². The van der Waals surface area contributed by atoms with E-state index in [1.807, 2.05) is 17.9 Å². The van der Waals surface area contributed by atoms with E-state index in [-0.39, 0.29) is 11.7 Å². The third kappa shape index (κ3) is 4.71. The van der Waals surface area contributed by atoms with Gasteiger partial charge in [0, 0.05) is 32.2 Å². The Morgan fingerprint density at radius 1 is 1.12 bits per heavy atom. The maximum atomic E-state index is 13.2. The lowest BCUT2D eigenvalue weighted by Gasteiger charge is -2.35. The summed E-state index contributed by atoms with van der Waals surface area (Å²) in [6, 6.07) is 7.89. The molecule has 32 heavy (non-hydrogen) atoms. The average molecular weight is 439 g/mol. The normalized spacial score (nSPS) is 14.2. The Morgan fingerprint density at radius 2 is 1.84 bits per heavy atom. The fourth-order valence-corrected chi connectivity index (χ4v) is 3.60. The first-order valence-electron chi connectivity index (χ1n) is 10.7. The Morgan fingerprint density at radius 3 is 2.53 bits per heavy atom. The van der Waals surface area contributed by atoms with Crippen molar-refractivity contribution in [3.05, 3.63) is 59.9 Å². The van der Waals surface area contributed by atoms with E-state index in [0.717, 1.165) is 11.5 Å². The van der Waals surface area contributed by atoms with Crippen LogP contribution >= 0.6 is 0 Å². The largest absolute Gasteiger partial charge is 0.477 e. The zero-order valence-electron chi connectivity index (χ0n) is 18.5. The Balaban J connectivity index is 1.40. The van der Waals surface area contributed by atoms with Crippen molar-refractivity contribution < 1.29 is 13.9 Å². The molecule has 8 nitrogen and oxygen atoms in total. The predicted molar refractivity (Wildman–Crippen MR) is 119 cm³/mol. The maximum Gasteiger partial charge on any atom is 0.257 e. The second-order valence-corrected chi connectivity index (χ2v) is 8.23. The molecule has 1 saturated heterocycles. The van der Waals surface area contributed by atoms with Gasteiger partial charge in [-0.2, -0.15) is 5.10 Å². The number of carbonyl (C=O) groups excluding carboxylic acids is 1. The molecule has 4 rings (SSSR count). The number of amides is 1. The number of piperazine rings is 1. The van der Waals surface area contributed by atoms with E-state index < -0.39 is 0 Å². The number of hydrogen-bond donors (Lipinski definition) is 0. The molecule has 1 amide bonds. The SMILES string of the molecule is Cc1c(C(=O)N2CCN(c3cc(OCC(C)C)ncn3)CC2)cnn1-c1ccc(F)cc1. The summed E-state index contributed by atoms with van der Waals surface area (Å²) in [4.78, 5) is 25.6. The highest BCUT2D eigenvalue weighted by atomic mass is 19.1. The monoisotopic (exact) mass is 438 g/mol. The fraction of sp³-hybridized carbons (Fsp3) is 0.391. The molecule has 0 atom stereocenters. The molecule has 168 valence electrons. The van der Waals surface area contributed by atoms with E-state index in [0.29, 0.717) is 55.8 Å². The van der Waals surface area contributed by atoms with Crippen molar-refractivity contribution in [3.8, 4) is 11.6 Å². The van der Waals surface area contributed by atoms with Gasteiger partial charge in [0.15, 0.2) is 0 Å². The molecule has 1 aromatic carbocycles. The van der Waals surface area contributed by atoms with Crippen molar-refractivity contribution in [2.45, 2.75) is 20.8 Å². The van der Waals surface area contributed by atoms with E-state index in [1.54, 1.807) is 23.0 Å². The van der Waals surface area contributed by atoms with Crippen LogP contribution in [0.2, 0.25) is 0 Å².